The third-order valence-corrected chi connectivity index (χ3v) is 4.86. The lowest BCUT2D eigenvalue weighted by molar-refractivity contribution is -0.125. The van der Waals surface area contributed by atoms with E-state index in [-0.39, 0.29) is 35.2 Å². The first-order valence-corrected chi connectivity index (χ1v) is 7.37. The van der Waals surface area contributed by atoms with Gasteiger partial charge in [-0.05, 0) is 31.2 Å². The van der Waals surface area contributed by atoms with Crippen molar-refractivity contribution in [2.45, 2.75) is 37.8 Å². The van der Waals surface area contributed by atoms with Gasteiger partial charge in [0.2, 0.25) is 11.8 Å². The maximum Gasteiger partial charge on any atom is 0.228 e. The van der Waals surface area contributed by atoms with E-state index in [1.807, 2.05) is 30.3 Å². The molecule has 2 unspecified atom stereocenters. The van der Waals surface area contributed by atoms with Gasteiger partial charge in [-0.3, -0.25) is 9.59 Å². The Balaban J connectivity index is 1.63. The van der Waals surface area contributed by atoms with Crippen LogP contribution in [-0.2, 0) is 9.59 Å². The molecule has 4 rings (SSSR count). The molecule has 1 spiro atoms. The molecule has 2 atom stereocenters. The molecule has 1 saturated heterocycles. The van der Waals surface area contributed by atoms with E-state index < -0.39 is 0 Å². The molecular weight excluding hydrogens is 252 g/mol. The summed E-state index contributed by atoms with van der Waals surface area (Å²) >= 11 is 0. The quantitative estimate of drug-likeness (QED) is 0.875. The Hall–Kier alpha value is -1.84. The van der Waals surface area contributed by atoms with E-state index in [4.69, 9.17) is 0 Å². The SMILES string of the molecule is O=C(NC1C(c2ccccc2)NC(=O)C12CC2)C1CC1. The average molecular weight is 270 g/mol. The molecule has 3 aliphatic rings. The van der Waals surface area contributed by atoms with E-state index >= 15 is 0 Å². The lowest BCUT2D eigenvalue weighted by atomic mass is 9.91. The maximum atomic E-state index is 12.3. The van der Waals surface area contributed by atoms with Crippen LogP contribution in [0.1, 0.15) is 37.3 Å². The van der Waals surface area contributed by atoms with Gasteiger partial charge in [-0.25, -0.2) is 0 Å². The number of nitrogens with one attached hydrogen (secondary N) is 2. The highest BCUT2D eigenvalue weighted by molar-refractivity contribution is 5.91. The Labute approximate surface area is 117 Å². The van der Waals surface area contributed by atoms with Gasteiger partial charge < -0.3 is 10.6 Å². The molecule has 4 nitrogen and oxygen atoms in total. The summed E-state index contributed by atoms with van der Waals surface area (Å²) in [6.07, 6.45) is 3.75. The smallest absolute Gasteiger partial charge is 0.228 e. The average Bonchev–Trinajstić information content (AvgIpc) is 3.35. The van der Waals surface area contributed by atoms with Crippen LogP contribution >= 0.6 is 0 Å². The molecule has 104 valence electrons. The van der Waals surface area contributed by atoms with Gasteiger partial charge >= 0.3 is 0 Å². The van der Waals surface area contributed by atoms with Gasteiger partial charge in [-0.15, -0.1) is 0 Å². The summed E-state index contributed by atoms with van der Waals surface area (Å²) in [5, 5.41) is 6.23. The Kier molecular flexibility index (Phi) is 2.43. The summed E-state index contributed by atoms with van der Waals surface area (Å²) in [7, 11) is 0. The van der Waals surface area contributed by atoms with Crippen molar-refractivity contribution >= 4 is 11.8 Å². The number of carbonyl (C=O) groups is 2. The van der Waals surface area contributed by atoms with E-state index in [1.54, 1.807) is 0 Å². The highest BCUT2D eigenvalue weighted by Crippen LogP contribution is 2.56. The first-order chi connectivity index (χ1) is 9.71. The fourth-order valence-corrected chi connectivity index (χ4v) is 3.28. The monoisotopic (exact) mass is 270 g/mol. The third-order valence-electron chi connectivity index (χ3n) is 4.86. The summed E-state index contributed by atoms with van der Waals surface area (Å²) < 4.78 is 0. The lowest BCUT2D eigenvalue weighted by Crippen LogP contribution is -2.43. The van der Waals surface area contributed by atoms with Crippen molar-refractivity contribution < 1.29 is 9.59 Å². The van der Waals surface area contributed by atoms with Crippen molar-refractivity contribution in [3.8, 4) is 0 Å². The standard InChI is InChI=1S/C16H18N2O2/c19-14(11-6-7-11)18-13-12(10-4-2-1-3-5-10)17-15(20)16(13)8-9-16/h1-5,11-13H,6-9H2,(H,17,20)(H,18,19). The zero-order chi connectivity index (χ0) is 13.7. The fraction of sp³-hybridized carbons (Fsp3) is 0.500. The Morgan fingerprint density at radius 1 is 1.20 bits per heavy atom. The van der Waals surface area contributed by atoms with E-state index in [2.05, 4.69) is 10.6 Å². The highest BCUT2D eigenvalue weighted by atomic mass is 16.2. The second kappa shape index (κ2) is 4.08. The number of rotatable bonds is 3. The minimum atomic E-state index is -0.342. The molecule has 0 bridgehead atoms. The van der Waals surface area contributed by atoms with Crippen LogP contribution in [-0.4, -0.2) is 17.9 Å². The molecule has 1 aliphatic heterocycles. The molecule has 0 aromatic heterocycles. The van der Waals surface area contributed by atoms with E-state index in [0.29, 0.717) is 0 Å². The predicted molar refractivity (Wildman–Crippen MR) is 73.6 cm³/mol. The number of hydrogen-bond donors (Lipinski definition) is 2. The second-order valence-corrected chi connectivity index (χ2v) is 6.28. The van der Waals surface area contributed by atoms with Gasteiger partial charge in [0.05, 0.1) is 17.5 Å². The molecule has 20 heavy (non-hydrogen) atoms. The first-order valence-electron chi connectivity index (χ1n) is 7.37. The summed E-state index contributed by atoms with van der Waals surface area (Å²) in [6, 6.07) is 9.76. The van der Waals surface area contributed by atoms with Crippen molar-refractivity contribution in [2.75, 3.05) is 0 Å². The number of hydrogen-bond acceptors (Lipinski definition) is 2. The van der Waals surface area contributed by atoms with Gasteiger partial charge in [0, 0.05) is 5.92 Å². The highest BCUT2D eigenvalue weighted by Gasteiger charge is 2.63. The van der Waals surface area contributed by atoms with E-state index in [0.717, 1.165) is 31.2 Å². The molecule has 1 aromatic carbocycles. The van der Waals surface area contributed by atoms with Crippen LogP contribution in [0, 0.1) is 11.3 Å². The fourth-order valence-electron chi connectivity index (χ4n) is 3.28. The topological polar surface area (TPSA) is 58.2 Å². The number of carbonyl (C=O) groups excluding carboxylic acids is 2. The van der Waals surface area contributed by atoms with Gasteiger partial charge in [0.25, 0.3) is 0 Å². The zero-order valence-electron chi connectivity index (χ0n) is 11.3. The van der Waals surface area contributed by atoms with Crippen molar-refractivity contribution in [1.29, 1.82) is 0 Å². The van der Waals surface area contributed by atoms with Crippen molar-refractivity contribution in [3.05, 3.63) is 35.9 Å². The molecule has 1 aromatic rings. The number of amides is 2. The zero-order valence-corrected chi connectivity index (χ0v) is 11.3. The maximum absolute atomic E-state index is 12.3. The largest absolute Gasteiger partial charge is 0.350 e. The molecule has 4 heteroatoms. The van der Waals surface area contributed by atoms with Crippen LogP contribution in [0.2, 0.25) is 0 Å². The van der Waals surface area contributed by atoms with Crippen LogP contribution in [0.15, 0.2) is 30.3 Å². The number of benzene rings is 1. The first kappa shape index (κ1) is 11.9. The summed E-state index contributed by atoms with van der Waals surface area (Å²) in [4.78, 5) is 24.4. The molecule has 2 N–H and O–H groups in total. The summed E-state index contributed by atoms with van der Waals surface area (Å²) in [6.45, 7) is 0. The summed E-state index contributed by atoms with van der Waals surface area (Å²) in [5.74, 6) is 0.407. The molecular formula is C16H18N2O2. The summed E-state index contributed by atoms with van der Waals surface area (Å²) in [5.41, 5.74) is 0.733. The van der Waals surface area contributed by atoms with Crippen molar-refractivity contribution in [1.82, 2.24) is 10.6 Å². The van der Waals surface area contributed by atoms with E-state index in [9.17, 15) is 9.59 Å². The Morgan fingerprint density at radius 3 is 2.50 bits per heavy atom. The third kappa shape index (κ3) is 1.74. The Morgan fingerprint density at radius 2 is 1.90 bits per heavy atom. The van der Waals surface area contributed by atoms with Crippen LogP contribution in [0.3, 0.4) is 0 Å². The van der Waals surface area contributed by atoms with Gasteiger partial charge in [0.15, 0.2) is 0 Å². The molecule has 3 fully saturated rings. The second-order valence-electron chi connectivity index (χ2n) is 6.28. The van der Waals surface area contributed by atoms with Gasteiger partial charge in [-0.2, -0.15) is 0 Å². The van der Waals surface area contributed by atoms with Crippen molar-refractivity contribution in [2.24, 2.45) is 11.3 Å². The normalized spacial score (nSPS) is 30.1. The predicted octanol–water partition coefficient (Wildman–Crippen LogP) is 1.53. The van der Waals surface area contributed by atoms with Crippen LogP contribution in [0.4, 0.5) is 0 Å². The van der Waals surface area contributed by atoms with Crippen LogP contribution in [0.5, 0.6) is 0 Å². The molecule has 2 aliphatic carbocycles. The molecule has 2 saturated carbocycles. The van der Waals surface area contributed by atoms with Gasteiger partial charge in [-0.1, -0.05) is 30.3 Å². The molecule has 0 radical (unpaired) electrons. The van der Waals surface area contributed by atoms with Gasteiger partial charge in [0.1, 0.15) is 0 Å². The van der Waals surface area contributed by atoms with Crippen molar-refractivity contribution in [3.63, 3.8) is 0 Å². The minimum Gasteiger partial charge on any atom is -0.350 e. The minimum absolute atomic E-state index is 0.0890. The van der Waals surface area contributed by atoms with E-state index in [1.165, 1.54) is 0 Å². The Bertz CT molecular complexity index is 561. The lowest BCUT2D eigenvalue weighted by Gasteiger charge is -2.24. The molecule has 1 heterocycles. The van der Waals surface area contributed by atoms with Crippen LogP contribution < -0.4 is 10.6 Å². The van der Waals surface area contributed by atoms with Crippen LogP contribution in [0.25, 0.3) is 0 Å². The molecule has 2 amide bonds.